The molecule has 0 amide bonds. The molecule has 0 aliphatic carbocycles. The summed E-state index contributed by atoms with van der Waals surface area (Å²) >= 11 is 0. The number of aromatic nitrogens is 1. The number of ether oxygens (including phenoxy) is 2. The number of nitrogens with zero attached hydrogens (tertiary/aromatic N) is 2. The number of methoxy groups -OCH3 is 1. The molecule has 0 saturated carbocycles. The summed E-state index contributed by atoms with van der Waals surface area (Å²) in [6, 6.07) is 11.8. The first-order valence-corrected chi connectivity index (χ1v) is 7.91. The molecule has 1 heterocycles. The third kappa shape index (κ3) is 6.77. The molecule has 25 heavy (non-hydrogen) atoms. The summed E-state index contributed by atoms with van der Waals surface area (Å²) in [5, 5.41) is 6.55. The Labute approximate surface area is 166 Å². The Balaban J connectivity index is 0.00000312. The summed E-state index contributed by atoms with van der Waals surface area (Å²) in [5.74, 6) is 2.20. The summed E-state index contributed by atoms with van der Waals surface area (Å²) in [5.41, 5.74) is 2.11. The average Bonchev–Trinajstić information content (AvgIpc) is 2.63. The van der Waals surface area contributed by atoms with Gasteiger partial charge < -0.3 is 20.1 Å². The lowest BCUT2D eigenvalue weighted by atomic mass is 10.2. The van der Waals surface area contributed by atoms with Crippen LogP contribution in [0.2, 0.25) is 0 Å². The third-order valence-electron chi connectivity index (χ3n) is 3.40. The first-order valence-electron chi connectivity index (χ1n) is 7.91. The molecule has 2 N–H and O–H groups in total. The fourth-order valence-electron chi connectivity index (χ4n) is 2.19. The van der Waals surface area contributed by atoms with E-state index in [1.165, 1.54) is 0 Å². The van der Waals surface area contributed by atoms with Gasteiger partial charge in [0.1, 0.15) is 5.75 Å². The zero-order valence-electron chi connectivity index (χ0n) is 14.8. The zero-order chi connectivity index (χ0) is 17.2. The quantitative estimate of drug-likeness (QED) is 0.381. The first kappa shape index (κ1) is 21.0. The smallest absolute Gasteiger partial charge is 0.218 e. The van der Waals surface area contributed by atoms with Crippen molar-refractivity contribution in [1.82, 2.24) is 15.6 Å². The van der Waals surface area contributed by atoms with Crippen LogP contribution in [0.25, 0.3) is 0 Å². The predicted octanol–water partition coefficient (Wildman–Crippen LogP) is 2.97. The lowest BCUT2D eigenvalue weighted by Crippen LogP contribution is -2.36. The minimum absolute atomic E-state index is 0. The SMILES string of the molecule is CCOc1ncccc1CNC(=NC)NCc1cccc(OC)c1.I. The summed E-state index contributed by atoms with van der Waals surface area (Å²) in [6.07, 6.45) is 1.73. The van der Waals surface area contributed by atoms with E-state index in [-0.39, 0.29) is 24.0 Å². The van der Waals surface area contributed by atoms with Crippen molar-refractivity contribution in [2.75, 3.05) is 20.8 Å². The van der Waals surface area contributed by atoms with E-state index in [1.807, 2.05) is 43.3 Å². The molecule has 0 bridgehead atoms. The van der Waals surface area contributed by atoms with Crippen molar-refractivity contribution in [3.05, 3.63) is 53.7 Å². The molecule has 0 fully saturated rings. The van der Waals surface area contributed by atoms with Crippen LogP contribution in [0.5, 0.6) is 11.6 Å². The highest BCUT2D eigenvalue weighted by molar-refractivity contribution is 14.0. The molecular weight excluding hydrogens is 431 g/mol. The van der Waals surface area contributed by atoms with Crippen LogP contribution in [0.15, 0.2) is 47.6 Å². The van der Waals surface area contributed by atoms with Gasteiger partial charge in [0.05, 0.1) is 13.7 Å². The molecule has 6 nitrogen and oxygen atoms in total. The van der Waals surface area contributed by atoms with E-state index in [2.05, 4.69) is 20.6 Å². The van der Waals surface area contributed by atoms with E-state index in [4.69, 9.17) is 9.47 Å². The molecular formula is C18H25IN4O2. The molecule has 1 aromatic carbocycles. The Bertz CT molecular complexity index is 680. The van der Waals surface area contributed by atoms with Crippen LogP contribution < -0.4 is 20.1 Å². The first-order chi connectivity index (χ1) is 11.8. The van der Waals surface area contributed by atoms with Crippen molar-refractivity contribution in [3.63, 3.8) is 0 Å². The van der Waals surface area contributed by atoms with Crippen LogP contribution in [-0.2, 0) is 13.1 Å². The molecule has 136 valence electrons. The van der Waals surface area contributed by atoms with Crippen LogP contribution >= 0.6 is 24.0 Å². The normalized spacial score (nSPS) is 10.6. The van der Waals surface area contributed by atoms with E-state index in [9.17, 15) is 0 Å². The van der Waals surface area contributed by atoms with Gasteiger partial charge in [0, 0.05) is 31.9 Å². The largest absolute Gasteiger partial charge is 0.497 e. The lowest BCUT2D eigenvalue weighted by Gasteiger charge is -2.14. The maximum absolute atomic E-state index is 5.53. The van der Waals surface area contributed by atoms with Crippen molar-refractivity contribution in [2.24, 2.45) is 4.99 Å². The number of benzene rings is 1. The highest BCUT2D eigenvalue weighted by Gasteiger charge is 2.05. The van der Waals surface area contributed by atoms with E-state index in [0.717, 1.165) is 16.9 Å². The third-order valence-corrected chi connectivity index (χ3v) is 3.40. The van der Waals surface area contributed by atoms with Gasteiger partial charge in [-0.15, -0.1) is 24.0 Å². The lowest BCUT2D eigenvalue weighted by molar-refractivity contribution is 0.322. The molecule has 0 aliphatic rings. The van der Waals surface area contributed by atoms with Gasteiger partial charge in [0.2, 0.25) is 5.88 Å². The van der Waals surface area contributed by atoms with Gasteiger partial charge in [-0.05, 0) is 30.7 Å². The molecule has 7 heteroatoms. The predicted molar refractivity (Wildman–Crippen MR) is 111 cm³/mol. The number of aliphatic imine (C=N–C) groups is 1. The van der Waals surface area contributed by atoms with Crippen LogP contribution in [0.4, 0.5) is 0 Å². The summed E-state index contributed by atoms with van der Waals surface area (Å²) in [4.78, 5) is 8.49. The molecule has 2 aromatic rings. The summed E-state index contributed by atoms with van der Waals surface area (Å²) < 4.78 is 10.8. The van der Waals surface area contributed by atoms with E-state index in [0.29, 0.717) is 31.5 Å². The standard InChI is InChI=1S/C18H24N4O2.HI/c1-4-24-17-15(8-6-10-20-17)13-22-18(19-2)21-12-14-7-5-9-16(11-14)23-3;/h5-11H,4,12-13H2,1-3H3,(H2,19,21,22);1H. The van der Waals surface area contributed by atoms with Crippen molar-refractivity contribution < 1.29 is 9.47 Å². The number of rotatable bonds is 7. The van der Waals surface area contributed by atoms with Gasteiger partial charge in [-0.1, -0.05) is 18.2 Å². The number of pyridine rings is 1. The highest BCUT2D eigenvalue weighted by atomic mass is 127. The number of hydrogen-bond acceptors (Lipinski definition) is 4. The molecule has 0 saturated heterocycles. The van der Waals surface area contributed by atoms with Gasteiger partial charge in [0.15, 0.2) is 5.96 Å². The molecule has 0 spiro atoms. The molecule has 2 rings (SSSR count). The number of hydrogen-bond donors (Lipinski definition) is 2. The minimum Gasteiger partial charge on any atom is -0.497 e. The maximum atomic E-state index is 5.53. The molecule has 0 radical (unpaired) electrons. The Hall–Kier alpha value is -2.03. The van der Waals surface area contributed by atoms with Gasteiger partial charge >= 0.3 is 0 Å². The maximum Gasteiger partial charge on any atom is 0.218 e. The minimum atomic E-state index is 0. The van der Waals surface area contributed by atoms with E-state index in [1.54, 1.807) is 20.4 Å². The van der Waals surface area contributed by atoms with Gasteiger partial charge in [-0.25, -0.2) is 4.98 Å². The Kier molecular flexibility index (Phi) is 9.68. The van der Waals surface area contributed by atoms with Crippen molar-refractivity contribution in [3.8, 4) is 11.6 Å². The van der Waals surface area contributed by atoms with Gasteiger partial charge in [-0.3, -0.25) is 4.99 Å². The van der Waals surface area contributed by atoms with Gasteiger partial charge in [0.25, 0.3) is 0 Å². The Morgan fingerprint density at radius 1 is 1.16 bits per heavy atom. The van der Waals surface area contributed by atoms with E-state index < -0.39 is 0 Å². The van der Waals surface area contributed by atoms with E-state index >= 15 is 0 Å². The van der Waals surface area contributed by atoms with Crippen molar-refractivity contribution in [1.29, 1.82) is 0 Å². The number of guanidine groups is 1. The second-order valence-electron chi connectivity index (χ2n) is 5.03. The fourth-order valence-corrected chi connectivity index (χ4v) is 2.19. The molecule has 0 aliphatic heterocycles. The van der Waals surface area contributed by atoms with Gasteiger partial charge in [-0.2, -0.15) is 0 Å². The van der Waals surface area contributed by atoms with Crippen molar-refractivity contribution >= 4 is 29.9 Å². The summed E-state index contributed by atoms with van der Waals surface area (Å²) in [7, 11) is 3.41. The fraction of sp³-hybridized carbons (Fsp3) is 0.333. The Morgan fingerprint density at radius 2 is 1.96 bits per heavy atom. The van der Waals surface area contributed by atoms with Crippen LogP contribution in [-0.4, -0.2) is 31.7 Å². The average molecular weight is 456 g/mol. The van der Waals surface area contributed by atoms with Crippen LogP contribution in [0.1, 0.15) is 18.1 Å². The van der Waals surface area contributed by atoms with Crippen LogP contribution in [0, 0.1) is 0 Å². The summed E-state index contributed by atoms with van der Waals surface area (Å²) in [6.45, 7) is 3.77. The monoisotopic (exact) mass is 456 g/mol. The molecule has 1 aromatic heterocycles. The zero-order valence-corrected chi connectivity index (χ0v) is 17.1. The Morgan fingerprint density at radius 3 is 2.68 bits per heavy atom. The van der Waals surface area contributed by atoms with Crippen LogP contribution in [0.3, 0.4) is 0 Å². The second kappa shape index (κ2) is 11.5. The molecule has 0 atom stereocenters. The number of nitrogens with one attached hydrogen (secondary N) is 2. The second-order valence-corrected chi connectivity index (χ2v) is 5.03. The number of halogens is 1. The highest BCUT2D eigenvalue weighted by Crippen LogP contribution is 2.14. The molecule has 0 unspecified atom stereocenters. The topological polar surface area (TPSA) is 67.8 Å². The van der Waals surface area contributed by atoms with Crippen molar-refractivity contribution in [2.45, 2.75) is 20.0 Å².